The number of aliphatic hydroxyl groups is 1. The monoisotopic (exact) mass is 423 g/mol. The molecule has 27 heavy (non-hydrogen) atoms. The summed E-state index contributed by atoms with van der Waals surface area (Å²) >= 11 is 0. The topological polar surface area (TPSA) is 130 Å². The second kappa shape index (κ2) is 12.0. The molecule has 1 atom stereocenters. The van der Waals surface area contributed by atoms with Crippen molar-refractivity contribution in [2.45, 2.75) is 32.1 Å². The third-order valence-corrected chi connectivity index (χ3v) is 7.36. The van der Waals surface area contributed by atoms with E-state index in [2.05, 4.69) is 8.67 Å². The van der Waals surface area contributed by atoms with Crippen LogP contribution < -0.4 is 0 Å². The van der Waals surface area contributed by atoms with Gasteiger partial charge in [0, 0.05) is 29.4 Å². The molecule has 156 valence electrons. The molecule has 1 unspecified atom stereocenters. The van der Waals surface area contributed by atoms with Gasteiger partial charge in [-0.15, -0.1) is 3.77 Å². The number of nitrogens with zero attached hydrogens (tertiary/aromatic N) is 3. The molecular weight excluding hydrogens is 394 g/mol. The zero-order valence-corrected chi connectivity index (χ0v) is 17.8. The number of sulfonamides is 1. The summed E-state index contributed by atoms with van der Waals surface area (Å²) in [5, 5.41) is 18.3. The molecule has 0 aromatic heterocycles. The Bertz CT molecular complexity index is 796. The van der Waals surface area contributed by atoms with Gasteiger partial charge in [-0.05, 0) is 45.1 Å². The van der Waals surface area contributed by atoms with Crippen LogP contribution in [0.1, 0.15) is 27.2 Å². The predicted molar refractivity (Wildman–Crippen MR) is 107 cm³/mol. The molecule has 0 radical (unpaired) electrons. The molecule has 9 nitrogen and oxygen atoms in total. The Morgan fingerprint density at radius 1 is 1.11 bits per heavy atom. The summed E-state index contributed by atoms with van der Waals surface area (Å²) in [4.78, 5) is 12.5. The van der Waals surface area contributed by atoms with Crippen molar-refractivity contribution in [1.82, 2.24) is 4.90 Å². The maximum absolute atomic E-state index is 13.1. The summed E-state index contributed by atoms with van der Waals surface area (Å²) in [6.07, 6.45) is 1.40. The first-order valence-corrected chi connectivity index (χ1v) is 12.1. The first kappa shape index (κ1) is 25.4. The van der Waals surface area contributed by atoms with E-state index in [9.17, 15) is 22.7 Å². The van der Waals surface area contributed by atoms with E-state index in [-0.39, 0.29) is 22.9 Å². The van der Waals surface area contributed by atoms with Crippen molar-refractivity contribution >= 4 is 25.4 Å². The van der Waals surface area contributed by atoms with Gasteiger partial charge >= 0.3 is 0 Å². The minimum absolute atomic E-state index is 0.0778. The van der Waals surface area contributed by atoms with Crippen LogP contribution in [0.25, 0.3) is 0 Å². The molecule has 1 aromatic carbocycles. The molecule has 0 bridgehead atoms. The molecule has 0 spiro atoms. The minimum atomic E-state index is -3.82. The number of nitro groups is 1. The van der Waals surface area contributed by atoms with Crippen LogP contribution in [-0.2, 0) is 19.8 Å². The Balaban J connectivity index is 0.00000210. The van der Waals surface area contributed by atoms with E-state index in [1.54, 1.807) is 6.92 Å². The number of aliphatic hydroxyl groups excluding tert-OH is 1. The minimum Gasteiger partial charge on any atom is -0.397 e. The SMILES string of the molecule is CCN(CC)CCCS(=O)(=NS(C)(=O)=O)c1ccc([N+](=O)[O-])cc1.CCO. The first-order valence-electron chi connectivity index (χ1n) is 8.56. The molecule has 0 aliphatic carbocycles. The average Bonchev–Trinajstić information content (AvgIpc) is 2.58. The normalized spacial score (nSPS) is 13.4. The van der Waals surface area contributed by atoms with E-state index in [0.29, 0.717) is 13.0 Å². The van der Waals surface area contributed by atoms with Gasteiger partial charge in [0.2, 0.25) is 0 Å². The molecule has 11 heteroatoms. The van der Waals surface area contributed by atoms with Crippen molar-refractivity contribution in [2.75, 3.05) is 38.2 Å². The van der Waals surface area contributed by atoms with Crippen LogP contribution in [0.5, 0.6) is 0 Å². The highest BCUT2D eigenvalue weighted by molar-refractivity contribution is 8.03. The third kappa shape index (κ3) is 9.80. The summed E-state index contributed by atoms with van der Waals surface area (Å²) < 4.78 is 39.7. The van der Waals surface area contributed by atoms with Gasteiger partial charge in [0.1, 0.15) is 0 Å². The summed E-state index contributed by atoms with van der Waals surface area (Å²) in [5.41, 5.74) is -0.150. The lowest BCUT2D eigenvalue weighted by molar-refractivity contribution is -0.384. The van der Waals surface area contributed by atoms with Gasteiger partial charge in [-0.3, -0.25) is 10.1 Å². The largest absolute Gasteiger partial charge is 0.397 e. The number of hydrogen-bond donors (Lipinski definition) is 1. The van der Waals surface area contributed by atoms with Crippen molar-refractivity contribution < 1.29 is 22.7 Å². The molecule has 0 amide bonds. The predicted octanol–water partition coefficient (Wildman–Crippen LogP) is 2.11. The summed E-state index contributed by atoms with van der Waals surface area (Å²) in [6.45, 7) is 8.32. The van der Waals surface area contributed by atoms with Crippen LogP contribution in [0.3, 0.4) is 0 Å². The van der Waals surface area contributed by atoms with Crippen molar-refractivity contribution in [3.05, 3.63) is 34.4 Å². The fourth-order valence-electron chi connectivity index (χ4n) is 2.22. The molecule has 0 fully saturated rings. The number of non-ortho nitro benzene ring substituents is 1. The highest BCUT2D eigenvalue weighted by Crippen LogP contribution is 2.20. The average molecular weight is 424 g/mol. The number of hydrogen-bond acceptors (Lipinski definition) is 7. The number of rotatable bonds is 9. The van der Waals surface area contributed by atoms with Gasteiger partial charge in [0.05, 0.1) is 20.9 Å². The molecule has 0 saturated heterocycles. The fraction of sp³-hybridized carbons (Fsp3) is 0.625. The highest BCUT2D eigenvalue weighted by atomic mass is 32.3. The van der Waals surface area contributed by atoms with E-state index >= 15 is 0 Å². The molecule has 0 aliphatic rings. The van der Waals surface area contributed by atoms with Crippen LogP contribution in [0.4, 0.5) is 5.69 Å². The highest BCUT2D eigenvalue weighted by Gasteiger charge is 2.18. The third-order valence-electron chi connectivity index (χ3n) is 3.46. The van der Waals surface area contributed by atoms with E-state index in [0.717, 1.165) is 19.3 Å². The Kier molecular flexibility index (Phi) is 11.3. The lowest BCUT2D eigenvalue weighted by Gasteiger charge is -2.18. The quantitative estimate of drug-likeness (QED) is 0.475. The van der Waals surface area contributed by atoms with Crippen molar-refractivity contribution in [3.63, 3.8) is 0 Å². The molecule has 1 rings (SSSR count). The number of nitro benzene ring substituents is 1. The summed E-state index contributed by atoms with van der Waals surface area (Å²) in [5.74, 6) is 0.0778. The van der Waals surface area contributed by atoms with Gasteiger partial charge in [0.15, 0.2) is 0 Å². The van der Waals surface area contributed by atoms with E-state index < -0.39 is 24.7 Å². The second-order valence-electron chi connectivity index (χ2n) is 5.60. The Morgan fingerprint density at radius 3 is 1.96 bits per heavy atom. The maximum atomic E-state index is 13.1. The van der Waals surface area contributed by atoms with Crippen LogP contribution >= 0.6 is 0 Å². The van der Waals surface area contributed by atoms with Crippen LogP contribution in [-0.4, -0.2) is 65.8 Å². The molecule has 1 aromatic rings. The second-order valence-corrected chi connectivity index (χ2v) is 9.82. The van der Waals surface area contributed by atoms with Gasteiger partial charge in [-0.25, -0.2) is 12.6 Å². The molecule has 0 aliphatic heterocycles. The first-order chi connectivity index (χ1) is 12.5. The molecule has 0 saturated carbocycles. The standard InChI is InChI=1S/C14H23N3O5S2.C2H6O/c1-4-16(5-2)11-6-12-24(22,15-23(3,20)21)14-9-7-13(8-10-14)17(18)19;1-2-3/h7-10H,4-6,11-12H2,1-3H3;3H,2H2,1H3. The van der Waals surface area contributed by atoms with Gasteiger partial charge in [-0.1, -0.05) is 13.8 Å². The van der Waals surface area contributed by atoms with Crippen LogP contribution in [0, 0.1) is 10.1 Å². The summed E-state index contributed by atoms with van der Waals surface area (Å²) in [6, 6.07) is 5.04. The summed E-state index contributed by atoms with van der Waals surface area (Å²) in [7, 11) is -7.01. The van der Waals surface area contributed by atoms with Gasteiger partial charge in [0.25, 0.3) is 15.7 Å². The Labute approximate surface area is 161 Å². The van der Waals surface area contributed by atoms with Gasteiger partial charge in [-0.2, -0.15) is 0 Å². The van der Waals surface area contributed by atoms with E-state index in [4.69, 9.17) is 5.11 Å². The van der Waals surface area contributed by atoms with Crippen LogP contribution in [0.2, 0.25) is 0 Å². The Morgan fingerprint density at radius 2 is 1.59 bits per heavy atom. The van der Waals surface area contributed by atoms with Crippen molar-refractivity contribution in [3.8, 4) is 0 Å². The maximum Gasteiger partial charge on any atom is 0.269 e. The Hall–Kier alpha value is -1.56. The van der Waals surface area contributed by atoms with Crippen LogP contribution in [0.15, 0.2) is 32.9 Å². The lowest BCUT2D eigenvalue weighted by Crippen LogP contribution is -2.25. The smallest absolute Gasteiger partial charge is 0.269 e. The fourth-order valence-corrected chi connectivity index (χ4v) is 5.93. The van der Waals surface area contributed by atoms with Crippen molar-refractivity contribution in [2.24, 2.45) is 3.77 Å². The number of benzene rings is 1. The van der Waals surface area contributed by atoms with E-state index in [1.807, 2.05) is 13.8 Å². The molecule has 0 heterocycles. The molecule has 1 N–H and O–H groups in total. The van der Waals surface area contributed by atoms with Gasteiger partial charge < -0.3 is 10.0 Å². The lowest BCUT2D eigenvalue weighted by atomic mass is 10.3. The molecular formula is C16H29N3O6S2. The van der Waals surface area contributed by atoms with Crippen molar-refractivity contribution in [1.29, 1.82) is 0 Å². The zero-order chi connectivity index (χ0) is 21.1. The zero-order valence-electron chi connectivity index (χ0n) is 16.2. The van der Waals surface area contributed by atoms with E-state index in [1.165, 1.54) is 24.3 Å².